The molecule has 3 N–H and O–H groups in total. The Bertz CT molecular complexity index is 474. The molecule has 0 saturated carbocycles. The third kappa shape index (κ3) is 3.53. The minimum atomic E-state index is -0.286. The lowest BCUT2D eigenvalue weighted by Gasteiger charge is -2.21. The summed E-state index contributed by atoms with van der Waals surface area (Å²) in [7, 11) is 0. The molecule has 3 nitrogen and oxygen atoms in total. The Hall–Kier alpha value is -0.940. The summed E-state index contributed by atoms with van der Waals surface area (Å²) in [6, 6.07) is 5.23. The quantitative estimate of drug-likeness (QED) is 0.835. The number of rotatable bonds is 4. The van der Waals surface area contributed by atoms with Gasteiger partial charge in [0.25, 0.3) is 5.91 Å². The molecule has 1 atom stereocenters. The second kappa shape index (κ2) is 6.29. The van der Waals surface area contributed by atoms with Crippen molar-refractivity contribution in [1.82, 2.24) is 5.32 Å². The van der Waals surface area contributed by atoms with Crippen LogP contribution in [0, 0.1) is 12.8 Å². The van der Waals surface area contributed by atoms with Crippen molar-refractivity contribution < 1.29 is 4.79 Å². The van der Waals surface area contributed by atoms with Crippen LogP contribution in [0.1, 0.15) is 29.8 Å². The Morgan fingerprint density at radius 3 is 2.56 bits per heavy atom. The lowest BCUT2D eigenvalue weighted by Crippen LogP contribution is -2.46. The van der Waals surface area contributed by atoms with Crippen LogP contribution in [0.25, 0.3) is 0 Å². The highest BCUT2D eigenvalue weighted by Crippen LogP contribution is 2.19. The van der Waals surface area contributed by atoms with Gasteiger partial charge in [-0.3, -0.25) is 4.79 Å². The normalized spacial score (nSPS) is 12.3. The second-order valence-electron chi connectivity index (χ2n) is 4.51. The van der Waals surface area contributed by atoms with Crippen molar-refractivity contribution in [3.8, 4) is 0 Å². The lowest BCUT2D eigenvalue weighted by atomic mass is 10.0. The molecule has 1 aromatic carbocycles. The summed E-state index contributed by atoms with van der Waals surface area (Å²) < 4.78 is 0.909. The number of nitrogens with one attached hydrogen (secondary N) is 1. The molecular formula is C13H17BrN2OS. The molecule has 1 amide bonds. The summed E-state index contributed by atoms with van der Waals surface area (Å²) in [5.41, 5.74) is 7.17. The van der Waals surface area contributed by atoms with Gasteiger partial charge >= 0.3 is 0 Å². The van der Waals surface area contributed by atoms with Crippen molar-refractivity contribution in [2.75, 3.05) is 0 Å². The summed E-state index contributed by atoms with van der Waals surface area (Å²) in [5.74, 6) is 0.0132. The average Bonchev–Trinajstić information content (AvgIpc) is 2.28. The Kier molecular flexibility index (Phi) is 5.28. The zero-order valence-electron chi connectivity index (χ0n) is 10.7. The average molecular weight is 329 g/mol. The van der Waals surface area contributed by atoms with Gasteiger partial charge in [-0.15, -0.1) is 0 Å². The van der Waals surface area contributed by atoms with Gasteiger partial charge in [-0.05, 0) is 30.5 Å². The Morgan fingerprint density at radius 2 is 2.06 bits per heavy atom. The van der Waals surface area contributed by atoms with Gasteiger partial charge in [0.05, 0.1) is 11.0 Å². The van der Waals surface area contributed by atoms with Crippen LogP contribution in [-0.4, -0.2) is 16.9 Å². The van der Waals surface area contributed by atoms with Crippen molar-refractivity contribution >= 4 is 39.0 Å². The first-order valence-corrected chi connectivity index (χ1v) is 6.90. The minimum Gasteiger partial charge on any atom is -0.392 e. The molecule has 5 heteroatoms. The molecule has 0 radical (unpaired) electrons. The fourth-order valence-electron chi connectivity index (χ4n) is 1.64. The number of benzene rings is 1. The summed E-state index contributed by atoms with van der Waals surface area (Å²) in [6.45, 7) is 5.83. The lowest BCUT2D eigenvalue weighted by molar-refractivity contribution is 0.0939. The third-order valence-corrected chi connectivity index (χ3v) is 3.89. The van der Waals surface area contributed by atoms with Crippen LogP contribution in [0.2, 0.25) is 0 Å². The van der Waals surface area contributed by atoms with E-state index in [-0.39, 0.29) is 17.9 Å². The van der Waals surface area contributed by atoms with Crippen LogP contribution < -0.4 is 11.1 Å². The molecule has 0 saturated heterocycles. The number of halogens is 1. The Balaban J connectivity index is 2.94. The van der Waals surface area contributed by atoms with E-state index >= 15 is 0 Å². The largest absolute Gasteiger partial charge is 0.392 e. The van der Waals surface area contributed by atoms with E-state index < -0.39 is 0 Å². The number of amides is 1. The van der Waals surface area contributed by atoms with Gasteiger partial charge in [0.1, 0.15) is 0 Å². The predicted octanol–water partition coefficient (Wildman–Crippen LogP) is 2.80. The van der Waals surface area contributed by atoms with Gasteiger partial charge in [0.2, 0.25) is 0 Å². The zero-order chi connectivity index (χ0) is 13.9. The maximum atomic E-state index is 12.2. The second-order valence-corrected chi connectivity index (χ2v) is 5.84. The Morgan fingerprint density at radius 1 is 1.44 bits per heavy atom. The number of carbonyl (C=O) groups is 1. The Labute approximate surface area is 121 Å². The predicted molar refractivity (Wildman–Crippen MR) is 81.8 cm³/mol. The van der Waals surface area contributed by atoms with Crippen LogP contribution in [-0.2, 0) is 0 Å². The van der Waals surface area contributed by atoms with E-state index in [2.05, 4.69) is 21.2 Å². The molecule has 0 aliphatic rings. The van der Waals surface area contributed by atoms with Gasteiger partial charge in [-0.25, -0.2) is 0 Å². The first-order valence-electron chi connectivity index (χ1n) is 5.70. The molecule has 0 aromatic heterocycles. The highest BCUT2D eigenvalue weighted by Gasteiger charge is 2.20. The molecule has 18 heavy (non-hydrogen) atoms. The molecule has 0 bridgehead atoms. The highest BCUT2D eigenvalue weighted by molar-refractivity contribution is 9.10. The van der Waals surface area contributed by atoms with Crippen molar-refractivity contribution in [3.05, 3.63) is 33.8 Å². The van der Waals surface area contributed by atoms with E-state index in [4.69, 9.17) is 18.0 Å². The van der Waals surface area contributed by atoms with E-state index in [1.807, 2.05) is 32.9 Å². The van der Waals surface area contributed by atoms with E-state index in [1.165, 1.54) is 0 Å². The van der Waals surface area contributed by atoms with Gasteiger partial charge < -0.3 is 11.1 Å². The van der Waals surface area contributed by atoms with Crippen molar-refractivity contribution in [2.24, 2.45) is 11.7 Å². The number of hydrogen-bond acceptors (Lipinski definition) is 2. The minimum absolute atomic E-state index is 0.153. The fourth-order valence-corrected chi connectivity index (χ4v) is 2.34. The van der Waals surface area contributed by atoms with Gasteiger partial charge in [-0.1, -0.05) is 48.1 Å². The van der Waals surface area contributed by atoms with E-state index in [0.29, 0.717) is 10.6 Å². The summed E-state index contributed by atoms with van der Waals surface area (Å²) in [6.07, 6.45) is 0. The number of nitrogens with two attached hydrogens (primary N) is 1. The maximum Gasteiger partial charge on any atom is 0.252 e. The number of thiocarbonyl (C=S) groups is 1. The molecule has 0 spiro atoms. The molecule has 0 aliphatic heterocycles. The van der Waals surface area contributed by atoms with Gasteiger partial charge in [-0.2, -0.15) is 0 Å². The maximum absolute atomic E-state index is 12.2. The molecule has 1 aromatic rings. The molecule has 0 aliphatic carbocycles. The van der Waals surface area contributed by atoms with E-state index in [9.17, 15) is 4.79 Å². The number of carbonyl (C=O) groups excluding carboxylic acids is 1. The monoisotopic (exact) mass is 328 g/mol. The SMILES string of the molecule is Cc1c(Br)cccc1C(=O)NC(C(N)=S)C(C)C. The zero-order valence-corrected chi connectivity index (χ0v) is 13.1. The first kappa shape index (κ1) is 15.1. The highest BCUT2D eigenvalue weighted by atomic mass is 79.9. The van der Waals surface area contributed by atoms with Crippen LogP contribution in [0.4, 0.5) is 0 Å². The number of hydrogen-bond donors (Lipinski definition) is 2. The van der Waals surface area contributed by atoms with E-state index in [1.54, 1.807) is 6.07 Å². The fraction of sp³-hybridized carbons (Fsp3) is 0.385. The standard InChI is InChI=1S/C13H17BrN2OS/c1-7(2)11(12(15)18)16-13(17)9-5-4-6-10(14)8(9)3/h4-7,11H,1-3H3,(H2,15,18)(H,16,17). The summed E-state index contributed by atoms with van der Waals surface area (Å²) in [5, 5.41) is 2.87. The van der Waals surface area contributed by atoms with Crippen molar-refractivity contribution in [1.29, 1.82) is 0 Å². The van der Waals surface area contributed by atoms with Gasteiger partial charge in [0.15, 0.2) is 0 Å². The van der Waals surface area contributed by atoms with Gasteiger partial charge in [0, 0.05) is 10.0 Å². The molecule has 98 valence electrons. The first-order chi connectivity index (χ1) is 8.34. The molecule has 0 heterocycles. The molecule has 1 unspecified atom stereocenters. The molecule has 1 rings (SSSR count). The van der Waals surface area contributed by atoms with Crippen LogP contribution >= 0.6 is 28.1 Å². The van der Waals surface area contributed by atoms with Crippen LogP contribution in [0.5, 0.6) is 0 Å². The molecule has 0 fully saturated rings. The summed E-state index contributed by atoms with van der Waals surface area (Å²) >= 11 is 8.38. The molecular weight excluding hydrogens is 312 g/mol. The third-order valence-electron chi connectivity index (χ3n) is 2.77. The van der Waals surface area contributed by atoms with Crippen molar-refractivity contribution in [3.63, 3.8) is 0 Å². The van der Waals surface area contributed by atoms with E-state index in [0.717, 1.165) is 10.0 Å². The van der Waals surface area contributed by atoms with Crippen molar-refractivity contribution in [2.45, 2.75) is 26.8 Å². The smallest absolute Gasteiger partial charge is 0.252 e. The van der Waals surface area contributed by atoms with Crippen LogP contribution in [0.3, 0.4) is 0 Å². The van der Waals surface area contributed by atoms with Crippen LogP contribution in [0.15, 0.2) is 22.7 Å². The summed E-state index contributed by atoms with van der Waals surface area (Å²) in [4.78, 5) is 12.5. The topological polar surface area (TPSA) is 55.1 Å².